The molecule has 0 fully saturated rings. The number of esters is 1. The van der Waals surface area contributed by atoms with Crippen LogP contribution in [-0.2, 0) is 25.5 Å². The van der Waals surface area contributed by atoms with E-state index >= 15 is 0 Å². The average molecular weight is 352 g/mol. The van der Waals surface area contributed by atoms with Crippen molar-refractivity contribution in [3.05, 3.63) is 23.8 Å². The van der Waals surface area contributed by atoms with Gasteiger partial charge in [0.2, 0.25) is 5.91 Å². The summed E-state index contributed by atoms with van der Waals surface area (Å²) in [5, 5.41) is 14.7. The van der Waals surface area contributed by atoms with Crippen molar-refractivity contribution in [2.45, 2.75) is 45.8 Å². The number of alkyl carbamates (subject to hydrolysis) is 1. The Hall–Kier alpha value is -2.77. The van der Waals surface area contributed by atoms with Crippen LogP contribution >= 0.6 is 0 Å². The van der Waals surface area contributed by atoms with E-state index in [9.17, 15) is 19.5 Å². The van der Waals surface area contributed by atoms with E-state index in [2.05, 4.69) is 10.6 Å². The number of amides is 2. The molecular formula is C17H24N2O6. The van der Waals surface area contributed by atoms with Crippen molar-refractivity contribution >= 4 is 23.7 Å². The molecule has 1 rings (SSSR count). The van der Waals surface area contributed by atoms with Crippen LogP contribution in [0.15, 0.2) is 18.2 Å². The van der Waals surface area contributed by atoms with Gasteiger partial charge in [-0.25, -0.2) is 9.59 Å². The normalized spacial score (nSPS) is 12.0. The van der Waals surface area contributed by atoms with E-state index in [1.165, 1.54) is 26.2 Å². The quantitative estimate of drug-likeness (QED) is 0.551. The number of carbonyl (C=O) groups is 3. The molecule has 8 nitrogen and oxygen atoms in total. The second kappa shape index (κ2) is 8.36. The minimum absolute atomic E-state index is 0.0960. The fourth-order valence-corrected chi connectivity index (χ4v) is 2.02. The van der Waals surface area contributed by atoms with Crippen LogP contribution < -0.4 is 10.6 Å². The van der Waals surface area contributed by atoms with Crippen LogP contribution in [0.5, 0.6) is 5.75 Å². The number of hydrogen-bond acceptors (Lipinski definition) is 6. The molecule has 0 saturated carbocycles. The van der Waals surface area contributed by atoms with Crippen LogP contribution in [0.4, 0.5) is 10.5 Å². The lowest BCUT2D eigenvalue weighted by molar-refractivity contribution is -0.143. The molecule has 0 saturated heterocycles. The Labute approximate surface area is 146 Å². The molecule has 1 aromatic carbocycles. The van der Waals surface area contributed by atoms with Crippen LogP contribution in [0.1, 0.15) is 33.3 Å². The Balaban J connectivity index is 2.93. The summed E-state index contributed by atoms with van der Waals surface area (Å²) in [5.74, 6) is -1.09. The number of phenolic OH excluding ortho intramolecular Hbond substituents is 1. The predicted molar refractivity (Wildman–Crippen MR) is 91.3 cm³/mol. The molecule has 3 N–H and O–H groups in total. The molecule has 2 amide bonds. The lowest BCUT2D eigenvalue weighted by atomic mass is 10.0. The maximum Gasteiger partial charge on any atom is 0.408 e. The molecular weight excluding hydrogens is 328 g/mol. The minimum Gasteiger partial charge on any atom is -0.506 e. The lowest BCUT2D eigenvalue weighted by Gasteiger charge is -2.22. The van der Waals surface area contributed by atoms with Gasteiger partial charge in [0.15, 0.2) is 0 Å². The zero-order chi connectivity index (χ0) is 19.2. The number of aromatic hydroxyl groups is 1. The van der Waals surface area contributed by atoms with Crippen LogP contribution in [-0.4, -0.2) is 41.8 Å². The van der Waals surface area contributed by atoms with Crippen molar-refractivity contribution in [3.63, 3.8) is 0 Å². The zero-order valence-electron chi connectivity index (χ0n) is 15.0. The number of anilines is 1. The summed E-state index contributed by atoms with van der Waals surface area (Å²) in [7, 11) is 1.21. The van der Waals surface area contributed by atoms with Gasteiger partial charge in [-0.3, -0.25) is 4.79 Å². The van der Waals surface area contributed by atoms with Gasteiger partial charge in [0.1, 0.15) is 17.4 Å². The molecule has 1 aromatic rings. The number of phenols is 1. The van der Waals surface area contributed by atoms with Crippen molar-refractivity contribution in [2.24, 2.45) is 0 Å². The van der Waals surface area contributed by atoms with Gasteiger partial charge in [0, 0.05) is 13.3 Å². The number of ether oxygens (including phenoxy) is 2. The van der Waals surface area contributed by atoms with Crippen LogP contribution in [0.2, 0.25) is 0 Å². The van der Waals surface area contributed by atoms with E-state index in [0.717, 1.165) is 0 Å². The van der Waals surface area contributed by atoms with Crippen molar-refractivity contribution in [2.75, 3.05) is 12.4 Å². The third kappa shape index (κ3) is 7.11. The summed E-state index contributed by atoms with van der Waals surface area (Å²) < 4.78 is 9.85. The molecule has 0 spiro atoms. The van der Waals surface area contributed by atoms with E-state index in [0.29, 0.717) is 5.56 Å². The first-order valence-electron chi connectivity index (χ1n) is 7.68. The summed E-state index contributed by atoms with van der Waals surface area (Å²) in [5.41, 5.74) is 0.112. The first-order valence-corrected chi connectivity index (χ1v) is 7.68. The predicted octanol–water partition coefficient (Wildman–Crippen LogP) is 1.96. The molecule has 8 heteroatoms. The summed E-state index contributed by atoms with van der Waals surface area (Å²) in [6.45, 7) is 6.44. The highest BCUT2D eigenvalue weighted by molar-refractivity contribution is 5.90. The van der Waals surface area contributed by atoms with E-state index in [1.807, 2.05) is 0 Å². The first-order chi connectivity index (χ1) is 11.5. The first kappa shape index (κ1) is 20.3. The summed E-state index contributed by atoms with van der Waals surface area (Å²) >= 11 is 0. The highest BCUT2D eigenvalue weighted by Crippen LogP contribution is 2.25. The number of rotatable bonds is 5. The average Bonchev–Trinajstić information content (AvgIpc) is 2.46. The molecule has 25 heavy (non-hydrogen) atoms. The summed E-state index contributed by atoms with van der Waals surface area (Å²) in [6.07, 6.45) is -0.651. The lowest BCUT2D eigenvalue weighted by Crippen LogP contribution is -2.45. The van der Waals surface area contributed by atoms with Crippen LogP contribution in [0.3, 0.4) is 0 Å². The summed E-state index contributed by atoms with van der Waals surface area (Å²) in [4.78, 5) is 35.0. The number of methoxy groups -OCH3 is 1. The SMILES string of the molecule is COC(=O)[C@H](Cc1ccc(O)c(NC(C)=O)c1)NC(=O)OC(C)(C)C. The number of hydrogen-bond donors (Lipinski definition) is 3. The molecule has 0 aliphatic carbocycles. The Morgan fingerprint density at radius 2 is 1.88 bits per heavy atom. The molecule has 0 radical (unpaired) electrons. The van der Waals surface area contributed by atoms with Gasteiger partial charge in [-0.2, -0.15) is 0 Å². The Morgan fingerprint density at radius 3 is 2.40 bits per heavy atom. The van der Waals surface area contributed by atoms with Crippen molar-refractivity contribution < 1.29 is 29.0 Å². The monoisotopic (exact) mass is 352 g/mol. The van der Waals surface area contributed by atoms with Crippen molar-refractivity contribution in [3.8, 4) is 5.75 Å². The molecule has 0 aromatic heterocycles. The standard InChI is InChI=1S/C17H24N2O6/c1-10(20)18-12-8-11(6-7-14(12)21)9-13(15(22)24-5)19-16(23)25-17(2,3)4/h6-8,13,21H,9H2,1-5H3,(H,18,20)(H,19,23)/t13-/m0/s1. The molecule has 0 unspecified atom stereocenters. The Kier molecular flexibility index (Phi) is 6.78. The van der Waals surface area contributed by atoms with Crippen molar-refractivity contribution in [1.82, 2.24) is 5.32 Å². The molecule has 0 heterocycles. The third-order valence-corrected chi connectivity index (χ3v) is 2.99. The van der Waals surface area contributed by atoms with E-state index in [1.54, 1.807) is 26.8 Å². The molecule has 1 atom stereocenters. The van der Waals surface area contributed by atoms with Gasteiger partial charge in [-0.15, -0.1) is 0 Å². The van der Waals surface area contributed by atoms with Gasteiger partial charge >= 0.3 is 12.1 Å². The van der Waals surface area contributed by atoms with E-state index < -0.39 is 23.7 Å². The van der Waals surface area contributed by atoms with Crippen molar-refractivity contribution in [1.29, 1.82) is 0 Å². The second-order valence-electron chi connectivity index (χ2n) is 6.46. The van der Waals surface area contributed by atoms with Gasteiger partial charge in [0.05, 0.1) is 12.8 Å². The maximum absolute atomic E-state index is 11.9. The minimum atomic E-state index is -0.977. The number of benzene rings is 1. The largest absolute Gasteiger partial charge is 0.506 e. The van der Waals surface area contributed by atoms with Gasteiger partial charge in [-0.05, 0) is 38.5 Å². The van der Waals surface area contributed by atoms with Gasteiger partial charge < -0.3 is 25.2 Å². The van der Waals surface area contributed by atoms with E-state index in [4.69, 9.17) is 9.47 Å². The Bertz CT molecular complexity index is 651. The number of nitrogens with one attached hydrogen (secondary N) is 2. The topological polar surface area (TPSA) is 114 Å². The van der Waals surface area contributed by atoms with Gasteiger partial charge in [0.25, 0.3) is 0 Å². The van der Waals surface area contributed by atoms with Crippen LogP contribution in [0.25, 0.3) is 0 Å². The smallest absolute Gasteiger partial charge is 0.408 e. The summed E-state index contributed by atoms with van der Waals surface area (Å²) in [6, 6.07) is 3.51. The maximum atomic E-state index is 11.9. The third-order valence-electron chi connectivity index (χ3n) is 2.99. The molecule has 0 aliphatic rings. The van der Waals surface area contributed by atoms with Crippen LogP contribution in [0, 0.1) is 0 Å². The van der Waals surface area contributed by atoms with Gasteiger partial charge in [-0.1, -0.05) is 6.07 Å². The molecule has 0 aliphatic heterocycles. The fraction of sp³-hybridized carbons (Fsp3) is 0.471. The fourth-order valence-electron chi connectivity index (χ4n) is 2.02. The second-order valence-corrected chi connectivity index (χ2v) is 6.46. The van der Waals surface area contributed by atoms with E-state index in [-0.39, 0.29) is 23.8 Å². The molecule has 0 bridgehead atoms. The highest BCUT2D eigenvalue weighted by atomic mass is 16.6. The zero-order valence-corrected chi connectivity index (χ0v) is 15.0. The Morgan fingerprint density at radius 1 is 1.24 bits per heavy atom. The molecule has 138 valence electrons. The number of carbonyl (C=O) groups excluding carboxylic acids is 3. The highest BCUT2D eigenvalue weighted by Gasteiger charge is 2.25.